The molecule has 5 rings (SSSR count). The van der Waals surface area contributed by atoms with Crippen molar-refractivity contribution in [1.82, 2.24) is 20.2 Å². The van der Waals surface area contributed by atoms with E-state index < -0.39 is 0 Å². The highest BCUT2D eigenvalue weighted by atomic mass is 35.5. The molecule has 0 aliphatic carbocycles. The Morgan fingerprint density at radius 1 is 1.04 bits per heavy atom. The highest BCUT2D eigenvalue weighted by molar-refractivity contribution is 7.98. The van der Waals surface area contributed by atoms with E-state index >= 15 is 0 Å². The lowest BCUT2D eigenvalue weighted by atomic mass is 10.2. The van der Waals surface area contributed by atoms with E-state index in [2.05, 4.69) is 20.2 Å². The van der Waals surface area contributed by atoms with Gasteiger partial charge in [-0.15, -0.1) is 21.5 Å². The van der Waals surface area contributed by atoms with Gasteiger partial charge in [-0.1, -0.05) is 59.8 Å². The minimum absolute atomic E-state index is 0.509. The number of fused-ring (bicyclic) bond motifs is 1. The summed E-state index contributed by atoms with van der Waals surface area (Å²) in [5, 5.41) is 13.6. The lowest BCUT2D eigenvalue weighted by Crippen LogP contribution is -1.83. The number of aromatic nitrogens is 4. The predicted octanol–water partition coefficient (Wildman–Crippen LogP) is 6.29. The molecule has 0 atom stereocenters. The first kappa shape index (κ1) is 17.5. The molecule has 8 heteroatoms. The number of halogens is 1. The summed E-state index contributed by atoms with van der Waals surface area (Å²) < 4.78 is 5.84. The van der Waals surface area contributed by atoms with Crippen LogP contribution in [0.3, 0.4) is 0 Å². The highest BCUT2D eigenvalue weighted by Gasteiger charge is 2.14. The van der Waals surface area contributed by atoms with Crippen LogP contribution in [0.1, 0.15) is 5.69 Å². The first-order valence-electron chi connectivity index (χ1n) is 8.50. The van der Waals surface area contributed by atoms with Gasteiger partial charge in [0.2, 0.25) is 0 Å². The number of para-hydroxylation sites is 1. The maximum absolute atomic E-state index is 6.26. The molecule has 0 fully saturated rings. The Kier molecular flexibility index (Phi) is 4.64. The third kappa shape index (κ3) is 3.32. The summed E-state index contributed by atoms with van der Waals surface area (Å²) in [5.74, 6) is 1.16. The molecule has 0 aliphatic rings. The number of rotatable bonds is 5. The molecule has 0 radical (unpaired) electrons. The van der Waals surface area contributed by atoms with Crippen LogP contribution in [0.25, 0.3) is 32.9 Å². The van der Waals surface area contributed by atoms with Crippen LogP contribution >= 0.6 is 34.7 Å². The van der Waals surface area contributed by atoms with Crippen molar-refractivity contribution in [3.05, 3.63) is 70.8 Å². The van der Waals surface area contributed by atoms with Gasteiger partial charge in [0, 0.05) is 33.8 Å². The number of nitrogens with one attached hydrogen (secondary N) is 1. The number of hydrogen-bond donors (Lipinski definition) is 1. The van der Waals surface area contributed by atoms with E-state index in [1.807, 2.05) is 60.1 Å². The lowest BCUT2D eigenvalue weighted by Gasteiger charge is -1.98. The SMILES string of the molecule is Clc1ccccc1-c1nc(CSc2nnc(-c3c[nH]c4ccccc34)o2)cs1. The molecule has 3 heterocycles. The van der Waals surface area contributed by atoms with Crippen LogP contribution in [0.5, 0.6) is 0 Å². The number of H-pyrrole nitrogens is 1. The van der Waals surface area contributed by atoms with Crippen molar-refractivity contribution in [3.8, 4) is 22.0 Å². The zero-order valence-corrected chi connectivity index (χ0v) is 16.8. The van der Waals surface area contributed by atoms with Crippen molar-refractivity contribution >= 4 is 45.6 Å². The van der Waals surface area contributed by atoms with E-state index in [0.717, 1.165) is 32.7 Å². The van der Waals surface area contributed by atoms with E-state index in [9.17, 15) is 0 Å². The fourth-order valence-corrected chi connectivity index (χ4v) is 4.79. The van der Waals surface area contributed by atoms with E-state index in [4.69, 9.17) is 16.0 Å². The number of hydrogen-bond acceptors (Lipinski definition) is 6. The van der Waals surface area contributed by atoms with Crippen LogP contribution in [0, 0.1) is 0 Å². The van der Waals surface area contributed by atoms with Crippen LogP contribution in [0.15, 0.2) is 69.7 Å². The zero-order chi connectivity index (χ0) is 18.9. The first-order chi connectivity index (χ1) is 13.8. The molecule has 0 spiro atoms. The Labute approximate surface area is 173 Å². The normalized spacial score (nSPS) is 11.3. The molecule has 138 valence electrons. The quantitative estimate of drug-likeness (QED) is 0.336. The summed E-state index contributed by atoms with van der Waals surface area (Å²) in [4.78, 5) is 7.90. The second-order valence-electron chi connectivity index (χ2n) is 6.03. The van der Waals surface area contributed by atoms with Gasteiger partial charge in [0.05, 0.1) is 16.3 Å². The molecule has 28 heavy (non-hydrogen) atoms. The first-order valence-corrected chi connectivity index (χ1v) is 10.7. The van der Waals surface area contributed by atoms with E-state index in [0.29, 0.717) is 21.9 Å². The molecule has 5 nitrogen and oxygen atoms in total. The van der Waals surface area contributed by atoms with E-state index in [-0.39, 0.29) is 0 Å². The molecule has 0 aliphatic heterocycles. The average molecular weight is 425 g/mol. The molecule has 0 saturated carbocycles. The standard InChI is InChI=1S/C20H13ClN4OS2/c21-16-7-3-1-6-14(16)19-23-12(10-27-19)11-28-20-25-24-18(26-20)15-9-22-17-8-4-2-5-13(15)17/h1-10,22H,11H2. The molecule has 1 N–H and O–H groups in total. The van der Waals surface area contributed by atoms with E-state index in [1.54, 1.807) is 11.3 Å². The smallest absolute Gasteiger partial charge is 0.277 e. The molecule has 5 aromatic rings. The number of benzene rings is 2. The largest absolute Gasteiger partial charge is 0.411 e. The summed E-state index contributed by atoms with van der Waals surface area (Å²) in [6, 6.07) is 15.8. The average Bonchev–Trinajstić information content (AvgIpc) is 3.45. The minimum Gasteiger partial charge on any atom is -0.411 e. The summed E-state index contributed by atoms with van der Waals surface area (Å²) in [6.45, 7) is 0. The topological polar surface area (TPSA) is 67.6 Å². The molecule has 0 saturated heterocycles. The summed E-state index contributed by atoms with van der Waals surface area (Å²) in [6.07, 6.45) is 1.89. The molecular formula is C20H13ClN4OS2. The monoisotopic (exact) mass is 424 g/mol. The van der Waals surface area contributed by atoms with Gasteiger partial charge in [0.25, 0.3) is 11.1 Å². The number of thiazole rings is 1. The maximum Gasteiger partial charge on any atom is 0.277 e. The van der Waals surface area contributed by atoms with Crippen LogP contribution in [0.4, 0.5) is 0 Å². The third-order valence-corrected chi connectivity index (χ3v) is 6.33. The molecule has 0 amide bonds. The van der Waals surface area contributed by atoms with E-state index in [1.165, 1.54) is 11.8 Å². The fraction of sp³-hybridized carbons (Fsp3) is 0.0500. The van der Waals surface area contributed by atoms with Gasteiger partial charge >= 0.3 is 0 Å². The van der Waals surface area contributed by atoms with Gasteiger partial charge < -0.3 is 9.40 Å². The van der Waals surface area contributed by atoms with Crippen molar-refractivity contribution in [1.29, 1.82) is 0 Å². The van der Waals surface area contributed by atoms with Gasteiger partial charge in [0.1, 0.15) is 5.01 Å². The lowest BCUT2D eigenvalue weighted by molar-refractivity contribution is 0.466. The zero-order valence-electron chi connectivity index (χ0n) is 14.4. The van der Waals surface area contributed by atoms with Gasteiger partial charge in [-0.3, -0.25) is 0 Å². The van der Waals surface area contributed by atoms with Crippen molar-refractivity contribution < 1.29 is 4.42 Å². The predicted molar refractivity (Wildman–Crippen MR) is 114 cm³/mol. The number of nitrogens with zero attached hydrogens (tertiary/aromatic N) is 3. The summed E-state index contributed by atoms with van der Waals surface area (Å²) >= 11 is 9.31. The van der Waals surface area contributed by atoms with Gasteiger partial charge in [0.15, 0.2) is 0 Å². The molecule has 3 aromatic heterocycles. The summed E-state index contributed by atoms with van der Waals surface area (Å²) in [5.41, 5.74) is 3.85. The highest BCUT2D eigenvalue weighted by Crippen LogP contribution is 2.33. The van der Waals surface area contributed by atoms with Crippen molar-refractivity contribution in [2.24, 2.45) is 0 Å². The van der Waals surface area contributed by atoms with Crippen LogP contribution in [0.2, 0.25) is 5.02 Å². The second kappa shape index (κ2) is 7.43. The molecule has 2 aromatic carbocycles. The van der Waals surface area contributed by atoms with Crippen molar-refractivity contribution in [2.75, 3.05) is 0 Å². The third-order valence-electron chi connectivity index (χ3n) is 4.23. The Balaban J connectivity index is 1.31. The van der Waals surface area contributed by atoms with Crippen molar-refractivity contribution in [2.45, 2.75) is 11.0 Å². The molecular weight excluding hydrogens is 412 g/mol. The Hall–Kier alpha value is -2.61. The Morgan fingerprint density at radius 3 is 2.82 bits per heavy atom. The fourth-order valence-electron chi connectivity index (χ4n) is 2.89. The maximum atomic E-state index is 6.26. The second-order valence-corrected chi connectivity index (χ2v) is 8.23. The number of thioether (sulfide) groups is 1. The number of aromatic amines is 1. The van der Waals surface area contributed by atoms with Gasteiger partial charge in [-0.25, -0.2) is 4.98 Å². The Bertz CT molecular complexity index is 1260. The van der Waals surface area contributed by atoms with Crippen LogP contribution < -0.4 is 0 Å². The van der Waals surface area contributed by atoms with Crippen LogP contribution in [-0.2, 0) is 5.75 Å². The van der Waals surface area contributed by atoms with Gasteiger partial charge in [-0.05, 0) is 12.1 Å². The van der Waals surface area contributed by atoms with Crippen molar-refractivity contribution in [3.63, 3.8) is 0 Å². The minimum atomic E-state index is 0.509. The molecule has 0 unspecified atom stereocenters. The van der Waals surface area contributed by atoms with Crippen LogP contribution in [-0.4, -0.2) is 20.2 Å². The Morgan fingerprint density at radius 2 is 1.89 bits per heavy atom. The summed E-state index contributed by atoms with van der Waals surface area (Å²) in [7, 11) is 0. The molecule has 0 bridgehead atoms. The van der Waals surface area contributed by atoms with Gasteiger partial charge in [-0.2, -0.15) is 0 Å².